The third-order valence-corrected chi connectivity index (χ3v) is 3.70. The Morgan fingerprint density at radius 3 is 2.47 bits per heavy atom. The summed E-state index contributed by atoms with van der Waals surface area (Å²) in [6.07, 6.45) is 3.59. The van der Waals surface area contributed by atoms with Crippen LogP contribution in [0.4, 0.5) is 0 Å². The summed E-state index contributed by atoms with van der Waals surface area (Å²) >= 11 is 7.49. The highest BCUT2D eigenvalue weighted by Gasteiger charge is 2.06. The molecule has 0 N–H and O–H groups in total. The summed E-state index contributed by atoms with van der Waals surface area (Å²) in [6.45, 7) is 0. The third-order valence-electron chi connectivity index (χ3n) is 2.55. The normalized spacial score (nSPS) is 9.95. The minimum absolute atomic E-state index is 0. The fourth-order valence-corrected chi connectivity index (χ4v) is 2.59. The highest BCUT2D eigenvalue weighted by Crippen LogP contribution is 2.28. The molecule has 3 aromatic rings. The second-order valence-electron chi connectivity index (χ2n) is 3.79. The summed E-state index contributed by atoms with van der Waals surface area (Å²) in [5.41, 5.74) is 3.09. The average molecular weight is 354 g/mol. The van der Waals surface area contributed by atoms with Gasteiger partial charge in [0.2, 0.25) is 0 Å². The van der Waals surface area contributed by atoms with Crippen molar-refractivity contribution >= 4 is 39.9 Å². The monoisotopic (exact) mass is 352 g/mol. The smallest absolute Gasteiger partial charge is 0.125 e. The van der Waals surface area contributed by atoms with E-state index in [0.717, 1.165) is 26.9 Å². The van der Waals surface area contributed by atoms with E-state index in [9.17, 15) is 0 Å². The lowest BCUT2D eigenvalue weighted by Gasteiger charge is -1.96. The van der Waals surface area contributed by atoms with Crippen molar-refractivity contribution in [3.05, 3.63) is 59.2 Å². The minimum Gasteiger partial charge on any atom is -0.264 e. The Labute approximate surface area is 130 Å². The van der Waals surface area contributed by atoms with Crippen molar-refractivity contribution in [3.63, 3.8) is 0 Å². The molecule has 0 fully saturated rings. The molecule has 0 saturated carbocycles. The zero-order valence-electron chi connectivity index (χ0n) is 9.79. The lowest BCUT2D eigenvalue weighted by molar-refractivity contribution is 1.31. The molecule has 1 aromatic carbocycles. The van der Waals surface area contributed by atoms with E-state index in [-0.39, 0.29) is 17.0 Å². The molecule has 2 aromatic heterocycles. The van der Waals surface area contributed by atoms with Gasteiger partial charge in [-0.3, -0.25) is 4.98 Å². The molecular weight excluding hydrogens is 344 g/mol. The second-order valence-corrected chi connectivity index (χ2v) is 5.08. The van der Waals surface area contributed by atoms with Crippen LogP contribution in [-0.4, -0.2) is 9.97 Å². The molecule has 0 atom stereocenters. The second kappa shape index (κ2) is 6.28. The fourth-order valence-electron chi connectivity index (χ4n) is 1.65. The van der Waals surface area contributed by atoms with E-state index in [0.29, 0.717) is 0 Å². The Bertz CT molecular complexity index is 653. The first-order valence-electron chi connectivity index (χ1n) is 5.45. The van der Waals surface area contributed by atoms with Gasteiger partial charge in [0, 0.05) is 33.9 Å². The Kier molecular flexibility index (Phi) is 4.69. The molecule has 3 rings (SSSR count). The molecule has 0 unspecified atom stereocenters. The summed E-state index contributed by atoms with van der Waals surface area (Å²) in [7, 11) is 0. The number of thiazole rings is 1. The number of nitrogens with zero attached hydrogens (tertiary/aromatic N) is 2. The molecule has 0 spiro atoms. The fraction of sp³-hybridized carbons (Fsp3) is 0. The number of rotatable bonds is 2. The van der Waals surface area contributed by atoms with Crippen LogP contribution in [0.5, 0.6) is 0 Å². The van der Waals surface area contributed by atoms with Crippen LogP contribution in [-0.2, 0) is 0 Å². The van der Waals surface area contributed by atoms with E-state index in [1.807, 2.05) is 48.0 Å². The summed E-state index contributed by atoms with van der Waals surface area (Å²) in [5, 5.41) is 3.76. The molecule has 0 aliphatic heterocycles. The highest BCUT2D eigenvalue weighted by molar-refractivity contribution is 8.93. The van der Waals surface area contributed by atoms with Crippen LogP contribution >= 0.6 is 39.9 Å². The van der Waals surface area contributed by atoms with Crippen molar-refractivity contribution < 1.29 is 0 Å². The van der Waals surface area contributed by atoms with Gasteiger partial charge in [-0.05, 0) is 24.3 Å². The molecule has 0 aliphatic rings. The number of pyridine rings is 1. The lowest BCUT2D eigenvalue weighted by atomic mass is 10.2. The van der Waals surface area contributed by atoms with E-state index in [1.54, 1.807) is 17.5 Å². The van der Waals surface area contributed by atoms with Gasteiger partial charge in [-0.2, -0.15) is 0 Å². The topological polar surface area (TPSA) is 25.8 Å². The van der Waals surface area contributed by atoms with Crippen molar-refractivity contribution in [2.75, 3.05) is 0 Å². The van der Waals surface area contributed by atoms with Gasteiger partial charge in [0.1, 0.15) is 5.01 Å². The summed E-state index contributed by atoms with van der Waals surface area (Å²) < 4.78 is 0. The molecule has 5 heteroatoms. The van der Waals surface area contributed by atoms with Crippen LogP contribution in [0.25, 0.3) is 21.8 Å². The van der Waals surface area contributed by atoms with Crippen LogP contribution in [0.3, 0.4) is 0 Å². The Morgan fingerprint density at radius 1 is 1.00 bits per heavy atom. The molecule has 0 radical (unpaired) electrons. The van der Waals surface area contributed by atoms with Crippen molar-refractivity contribution in [1.82, 2.24) is 9.97 Å². The molecule has 0 bridgehead atoms. The first-order valence-corrected chi connectivity index (χ1v) is 6.70. The summed E-state index contributed by atoms with van der Waals surface area (Å²) in [4.78, 5) is 8.72. The Morgan fingerprint density at radius 2 is 1.79 bits per heavy atom. The minimum atomic E-state index is 0. The van der Waals surface area contributed by atoms with Gasteiger partial charge >= 0.3 is 0 Å². The molecule has 0 aliphatic carbocycles. The van der Waals surface area contributed by atoms with Crippen molar-refractivity contribution in [3.8, 4) is 21.8 Å². The lowest BCUT2D eigenvalue weighted by Crippen LogP contribution is -1.80. The largest absolute Gasteiger partial charge is 0.264 e. The first-order chi connectivity index (χ1) is 8.83. The van der Waals surface area contributed by atoms with Gasteiger partial charge in [-0.15, -0.1) is 28.3 Å². The van der Waals surface area contributed by atoms with Gasteiger partial charge < -0.3 is 0 Å². The highest BCUT2D eigenvalue weighted by atomic mass is 79.9. The maximum absolute atomic E-state index is 5.87. The summed E-state index contributed by atoms with van der Waals surface area (Å²) in [5.74, 6) is 0. The Hall–Kier alpha value is -1.23. The maximum Gasteiger partial charge on any atom is 0.125 e. The number of halogens is 2. The van der Waals surface area contributed by atoms with Crippen LogP contribution in [0.15, 0.2) is 54.2 Å². The van der Waals surface area contributed by atoms with Gasteiger partial charge in [-0.25, -0.2) is 4.98 Å². The van der Waals surface area contributed by atoms with Crippen LogP contribution in [0.1, 0.15) is 0 Å². The third kappa shape index (κ3) is 3.21. The number of benzene rings is 1. The molecule has 19 heavy (non-hydrogen) atoms. The van der Waals surface area contributed by atoms with Crippen LogP contribution in [0.2, 0.25) is 5.02 Å². The van der Waals surface area contributed by atoms with E-state index in [2.05, 4.69) is 9.97 Å². The summed E-state index contributed by atoms with van der Waals surface area (Å²) in [6, 6.07) is 11.6. The zero-order valence-corrected chi connectivity index (χ0v) is 13.1. The molecule has 0 amide bonds. The number of aromatic nitrogens is 2. The van der Waals surface area contributed by atoms with Crippen LogP contribution < -0.4 is 0 Å². The van der Waals surface area contributed by atoms with Crippen LogP contribution in [0, 0.1) is 0 Å². The standard InChI is InChI=1S/C14H9ClN2S.BrH/c15-12-5-3-10(4-6-12)13-9-18-14(17-13)11-2-1-7-16-8-11;/h1-9H;1H. The quantitative estimate of drug-likeness (QED) is 0.640. The number of hydrogen-bond acceptors (Lipinski definition) is 3. The van der Waals surface area contributed by atoms with E-state index in [4.69, 9.17) is 11.6 Å². The van der Waals surface area contributed by atoms with E-state index >= 15 is 0 Å². The molecule has 96 valence electrons. The van der Waals surface area contributed by atoms with Gasteiger partial charge in [0.05, 0.1) is 5.69 Å². The van der Waals surface area contributed by atoms with Crippen molar-refractivity contribution in [2.24, 2.45) is 0 Å². The SMILES string of the molecule is Br.Clc1ccc(-c2csc(-c3cccnc3)n2)cc1. The molecule has 0 saturated heterocycles. The van der Waals surface area contributed by atoms with Gasteiger partial charge in [0.15, 0.2) is 0 Å². The zero-order chi connectivity index (χ0) is 12.4. The first kappa shape index (κ1) is 14.2. The van der Waals surface area contributed by atoms with E-state index < -0.39 is 0 Å². The van der Waals surface area contributed by atoms with Crippen molar-refractivity contribution in [2.45, 2.75) is 0 Å². The number of hydrogen-bond donors (Lipinski definition) is 0. The molecule has 2 heterocycles. The predicted octanol–water partition coefficient (Wildman–Crippen LogP) is 5.10. The van der Waals surface area contributed by atoms with Gasteiger partial charge in [0.25, 0.3) is 0 Å². The Balaban J connectivity index is 0.00000133. The maximum atomic E-state index is 5.87. The van der Waals surface area contributed by atoms with E-state index in [1.165, 1.54) is 0 Å². The van der Waals surface area contributed by atoms with Gasteiger partial charge in [-0.1, -0.05) is 23.7 Å². The van der Waals surface area contributed by atoms with Crippen molar-refractivity contribution in [1.29, 1.82) is 0 Å². The predicted molar refractivity (Wildman–Crippen MR) is 86.1 cm³/mol. The molecule has 2 nitrogen and oxygen atoms in total. The molecular formula is C14H10BrClN2S. The average Bonchev–Trinajstić information content (AvgIpc) is 2.90.